The summed E-state index contributed by atoms with van der Waals surface area (Å²) in [5.74, 6) is 0. The molecule has 0 spiro atoms. The molecule has 0 aliphatic carbocycles. The molecule has 0 fully saturated rings. The fourth-order valence-corrected chi connectivity index (χ4v) is 1.60. The van der Waals surface area contributed by atoms with Gasteiger partial charge < -0.3 is 10.2 Å². The van der Waals surface area contributed by atoms with Crippen molar-refractivity contribution < 1.29 is 66.8 Å². The average molecular weight is 413 g/mol. The van der Waals surface area contributed by atoms with Crippen molar-refractivity contribution in [3.8, 4) is 0 Å². The Balaban J connectivity index is 0.00000529. The molecule has 0 aromatic carbocycles. The Kier molecular flexibility index (Phi) is 7.14. The average Bonchev–Trinajstić information content (AvgIpc) is 2.34. The second-order valence-corrected chi connectivity index (χ2v) is 4.44. The van der Waals surface area contributed by atoms with Gasteiger partial charge in [-0.05, 0) is 6.07 Å². The van der Waals surface area contributed by atoms with E-state index in [1.54, 1.807) is 0 Å². The number of aliphatic hydroxyl groups excluding tert-OH is 2. The number of hydrogen-bond donors (Lipinski definition) is 2. The first kappa shape index (κ1) is 23.0. The number of alkyl halides is 9. The monoisotopic (exact) mass is 413 g/mol. The van der Waals surface area contributed by atoms with Crippen molar-refractivity contribution in [2.24, 2.45) is 0 Å². The largest absolute Gasteiger partial charge is 0.433 e. The molecular weight excluding hydrogens is 405 g/mol. The SMILES string of the molecule is OC(CC(O)C(F)(F)F)c1ccc(C(F)(F)F)nc1C(F)(F)F.[Fe]. The minimum atomic E-state index is -5.44. The van der Waals surface area contributed by atoms with Gasteiger partial charge in [-0.15, -0.1) is 0 Å². The van der Waals surface area contributed by atoms with E-state index < -0.39 is 54.1 Å². The second kappa shape index (κ2) is 7.46. The van der Waals surface area contributed by atoms with Gasteiger partial charge in [-0.25, -0.2) is 4.98 Å². The topological polar surface area (TPSA) is 53.4 Å². The molecule has 1 aromatic heterocycles. The molecule has 0 aliphatic heterocycles. The van der Waals surface area contributed by atoms with Crippen molar-refractivity contribution in [1.82, 2.24) is 4.98 Å². The standard InChI is InChI=1S/C11H8F9NO2.Fe/c12-9(13,14)6-2-1-4(8(21-6)11(18,19)20)5(22)3-7(23)10(15,16)17;/h1-2,5,7,22-23H,3H2;. The zero-order chi connectivity index (χ0) is 18.2. The predicted octanol–water partition coefficient (Wildman–Crippen LogP) is 3.46. The summed E-state index contributed by atoms with van der Waals surface area (Å²) >= 11 is 0. The summed E-state index contributed by atoms with van der Waals surface area (Å²) in [7, 11) is 0. The van der Waals surface area contributed by atoms with Gasteiger partial charge in [0.1, 0.15) is 5.69 Å². The summed E-state index contributed by atoms with van der Waals surface area (Å²) in [6.45, 7) is 0. The quantitative estimate of drug-likeness (QED) is 0.590. The van der Waals surface area contributed by atoms with Crippen LogP contribution >= 0.6 is 0 Å². The van der Waals surface area contributed by atoms with E-state index in [4.69, 9.17) is 5.11 Å². The van der Waals surface area contributed by atoms with Gasteiger partial charge in [0.05, 0.1) is 6.10 Å². The molecule has 1 rings (SSSR count). The minimum Gasteiger partial charge on any atom is -0.388 e. The molecule has 0 radical (unpaired) electrons. The van der Waals surface area contributed by atoms with E-state index in [9.17, 15) is 44.6 Å². The van der Waals surface area contributed by atoms with Gasteiger partial charge in [0.2, 0.25) is 0 Å². The summed E-state index contributed by atoms with van der Waals surface area (Å²) in [5.41, 5.74) is -5.39. The number of halogens is 9. The normalized spacial score (nSPS) is 15.6. The molecule has 2 unspecified atom stereocenters. The van der Waals surface area contributed by atoms with Gasteiger partial charge in [-0.1, -0.05) is 6.07 Å². The first-order valence-corrected chi connectivity index (χ1v) is 5.72. The number of aliphatic hydroxyl groups is 2. The Labute approximate surface area is 139 Å². The van der Waals surface area contributed by atoms with Gasteiger partial charge in [-0.3, -0.25) is 0 Å². The van der Waals surface area contributed by atoms with Crippen LogP contribution in [0.3, 0.4) is 0 Å². The molecule has 1 aromatic rings. The van der Waals surface area contributed by atoms with E-state index in [0.29, 0.717) is 0 Å². The van der Waals surface area contributed by atoms with Crippen molar-refractivity contribution in [3.63, 3.8) is 0 Å². The van der Waals surface area contributed by atoms with Gasteiger partial charge in [-0.2, -0.15) is 39.5 Å². The molecule has 1 heterocycles. The van der Waals surface area contributed by atoms with Crippen LogP contribution in [0.5, 0.6) is 0 Å². The Bertz CT molecular complexity index is 556. The van der Waals surface area contributed by atoms with E-state index in [-0.39, 0.29) is 29.2 Å². The van der Waals surface area contributed by atoms with Crippen LogP contribution in [0.15, 0.2) is 12.1 Å². The number of pyridine rings is 1. The predicted molar refractivity (Wildman–Crippen MR) is 55.9 cm³/mol. The Hall–Kier alpha value is -1.04. The van der Waals surface area contributed by atoms with Crippen LogP contribution in [0, 0.1) is 0 Å². The molecule has 0 aliphatic rings. The first-order valence-electron chi connectivity index (χ1n) is 5.72. The van der Waals surface area contributed by atoms with Gasteiger partial charge in [0.25, 0.3) is 0 Å². The van der Waals surface area contributed by atoms with Gasteiger partial charge >= 0.3 is 18.5 Å². The van der Waals surface area contributed by atoms with Gasteiger partial charge in [0.15, 0.2) is 11.8 Å². The fraction of sp³-hybridized carbons (Fsp3) is 0.545. The Morgan fingerprint density at radius 2 is 1.38 bits per heavy atom. The van der Waals surface area contributed by atoms with Crippen molar-refractivity contribution in [2.45, 2.75) is 37.2 Å². The number of nitrogens with zero attached hydrogens (tertiary/aromatic N) is 1. The third kappa shape index (κ3) is 5.79. The van der Waals surface area contributed by atoms with E-state index >= 15 is 0 Å². The summed E-state index contributed by atoms with van der Waals surface area (Å²) in [5, 5.41) is 18.1. The minimum absolute atomic E-state index is 0. The van der Waals surface area contributed by atoms with E-state index in [2.05, 4.69) is 4.98 Å². The maximum absolute atomic E-state index is 12.7. The maximum atomic E-state index is 12.7. The zero-order valence-electron chi connectivity index (χ0n) is 11.1. The molecule has 0 saturated heterocycles. The van der Waals surface area contributed by atoms with Gasteiger partial charge in [0, 0.05) is 29.1 Å². The van der Waals surface area contributed by atoms with Crippen LogP contribution in [0.25, 0.3) is 0 Å². The Morgan fingerprint density at radius 1 is 0.875 bits per heavy atom. The third-order valence-electron chi connectivity index (χ3n) is 2.67. The molecule has 2 atom stereocenters. The molecule has 0 bridgehead atoms. The van der Waals surface area contributed by atoms with Crippen LogP contribution in [-0.4, -0.2) is 27.5 Å². The van der Waals surface area contributed by atoms with Crippen LogP contribution in [0.1, 0.15) is 29.5 Å². The molecule has 2 N–H and O–H groups in total. The Morgan fingerprint density at radius 3 is 1.75 bits per heavy atom. The number of rotatable bonds is 3. The summed E-state index contributed by atoms with van der Waals surface area (Å²) in [6.07, 6.45) is -23.1. The molecule has 0 saturated carbocycles. The van der Waals surface area contributed by atoms with E-state index in [1.807, 2.05) is 0 Å². The number of hydrogen-bond acceptors (Lipinski definition) is 3. The molecule has 0 amide bonds. The van der Waals surface area contributed by atoms with Crippen LogP contribution in [0.4, 0.5) is 39.5 Å². The smallest absolute Gasteiger partial charge is 0.388 e. The van der Waals surface area contributed by atoms with E-state index in [1.165, 1.54) is 0 Å². The van der Waals surface area contributed by atoms with Crippen LogP contribution in [0.2, 0.25) is 0 Å². The van der Waals surface area contributed by atoms with Crippen molar-refractivity contribution >= 4 is 0 Å². The van der Waals surface area contributed by atoms with Crippen LogP contribution in [-0.2, 0) is 29.4 Å². The first-order chi connectivity index (χ1) is 10.1. The third-order valence-corrected chi connectivity index (χ3v) is 2.67. The molecular formula is C11H8F9FeNO2. The van der Waals surface area contributed by atoms with Crippen molar-refractivity contribution in [1.29, 1.82) is 0 Å². The van der Waals surface area contributed by atoms with E-state index in [0.717, 1.165) is 0 Å². The fourth-order valence-electron chi connectivity index (χ4n) is 1.60. The summed E-state index contributed by atoms with van der Waals surface area (Å²) < 4.78 is 112. The molecule has 3 nitrogen and oxygen atoms in total. The molecule has 140 valence electrons. The molecule has 24 heavy (non-hydrogen) atoms. The summed E-state index contributed by atoms with van der Waals surface area (Å²) in [4.78, 5) is 2.33. The van der Waals surface area contributed by atoms with Crippen molar-refractivity contribution in [2.75, 3.05) is 0 Å². The summed E-state index contributed by atoms with van der Waals surface area (Å²) in [6, 6.07) is 0.264. The molecule has 13 heteroatoms. The zero-order valence-corrected chi connectivity index (χ0v) is 12.2. The van der Waals surface area contributed by atoms with Crippen LogP contribution < -0.4 is 0 Å². The number of aromatic nitrogens is 1. The maximum Gasteiger partial charge on any atom is 0.433 e. The second-order valence-electron chi connectivity index (χ2n) is 4.44. The van der Waals surface area contributed by atoms with Crippen molar-refractivity contribution in [3.05, 3.63) is 29.1 Å².